The van der Waals surface area contributed by atoms with Crippen molar-refractivity contribution in [3.8, 4) is 0 Å². The molecule has 0 bridgehead atoms. The molecule has 0 radical (unpaired) electrons. The van der Waals surface area contributed by atoms with Crippen molar-refractivity contribution >= 4 is 29.0 Å². The van der Waals surface area contributed by atoms with Gasteiger partial charge in [-0.1, -0.05) is 18.2 Å². The third-order valence-electron chi connectivity index (χ3n) is 5.88. The molecule has 0 spiro atoms. The van der Waals surface area contributed by atoms with Crippen LogP contribution in [-0.2, 0) is 4.79 Å². The van der Waals surface area contributed by atoms with E-state index in [1.54, 1.807) is 4.90 Å². The molecule has 32 heavy (non-hydrogen) atoms. The van der Waals surface area contributed by atoms with Crippen LogP contribution in [0.4, 0.5) is 21.9 Å². The number of nitrogens with one attached hydrogen (secondary N) is 1. The highest BCUT2D eigenvalue weighted by Crippen LogP contribution is 2.20. The van der Waals surface area contributed by atoms with E-state index in [-0.39, 0.29) is 11.9 Å². The molecule has 2 aliphatic heterocycles. The van der Waals surface area contributed by atoms with Crippen LogP contribution in [0.15, 0.2) is 64.8 Å². The molecule has 0 saturated carbocycles. The number of urea groups is 1. The molecule has 3 amide bonds. The quantitative estimate of drug-likeness (QED) is 0.714. The zero-order valence-electron chi connectivity index (χ0n) is 18.3. The second kappa shape index (κ2) is 10.9. The first kappa shape index (κ1) is 22.0. The fraction of sp³-hybridized carbons (Fsp3) is 0.417. The Morgan fingerprint density at radius 2 is 1.34 bits per heavy atom. The molecule has 2 aromatic carbocycles. The van der Waals surface area contributed by atoms with Crippen LogP contribution in [0.3, 0.4) is 0 Å². The van der Waals surface area contributed by atoms with Crippen molar-refractivity contribution < 1.29 is 9.59 Å². The van der Waals surface area contributed by atoms with Crippen LogP contribution < -0.4 is 5.32 Å². The van der Waals surface area contributed by atoms with Gasteiger partial charge in [-0.25, -0.2) is 4.79 Å². The normalized spacial score (nSPS) is 17.5. The molecule has 8 heteroatoms. The molecule has 2 aliphatic rings. The average molecular weight is 435 g/mol. The number of piperidine rings is 1. The molecule has 0 atom stereocenters. The summed E-state index contributed by atoms with van der Waals surface area (Å²) >= 11 is 0. The van der Waals surface area contributed by atoms with Gasteiger partial charge in [0.25, 0.3) is 0 Å². The van der Waals surface area contributed by atoms with E-state index in [2.05, 4.69) is 20.4 Å². The van der Waals surface area contributed by atoms with Crippen LogP contribution in [0.5, 0.6) is 0 Å². The smallest absolute Gasteiger partial charge is 0.321 e. The minimum atomic E-state index is -0.120. The maximum Gasteiger partial charge on any atom is 0.321 e. The number of hydrogen-bond acceptors (Lipinski definition) is 5. The highest BCUT2D eigenvalue weighted by Gasteiger charge is 2.24. The van der Waals surface area contributed by atoms with Gasteiger partial charge >= 0.3 is 6.03 Å². The fourth-order valence-corrected chi connectivity index (χ4v) is 3.97. The van der Waals surface area contributed by atoms with E-state index in [0.717, 1.165) is 43.0 Å². The maximum absolute atomic E-state index is 12.6. The number of likely N-dealkylation sites (tertiary alicyclic amines) is 1. The summed E-state index contributed by atoms with van der Waals surface area (Å²) in [6, 6.07) is 16.7. The number of piperazine rings is 1. The van der Waals surface area contributed by atoms with E-state index in [0.29, 0.717) is 32.7 Å². The molecule has 1 N–H and O–H groups in total. The number of hydrogen-bond donors (Lipinski definition) is 1. The molecule has 0 aliphatic carbocycles. The van der Waals surface area contributed by atoms with Gasteiger partial charge in [0.2, 0.25) is 5.91 Å². The second-order valence-electron chi connectivity index (χ2n) is 8.22. The molecule has 0 unspecified atom stereocenters. The predicted octanol–water partition coefficient (Wildman–Crippen LogP) is 4.26. The molecular formula is C24H30N6O2. The largest absolute Gasteiger partial charge is 0.342 e. The van der Waals surface area contributed by atoms with E-state index in [1.807, 2.05) is 59.5 Å². The van der Waals surface area contributed by atoms with Crippen LogP contribution in [-0.4, -0.2) is 72.5 Å². The number of anilines is 1. The summed E-state index contributed by atoms with van der Waals surface area (Å²) in [6.07, 6.45) is 3.44. The summed E-state index contributed by atoms with van der Waals surface area (Å²) < 4.78 is 0. The third-order valence-corrected chi connectivity index (χ3v) is 5.88. The molecule has 0 aromatic heterocycles. The minimum Gasteiger partial charge on any atom is -0.342 e. The number of benzene rings is 2. The van der Waals surface area contributed by atoms with Crippen LogP contribution >= 0.6 is 0 Å². The highest BCUT2D eigenvalue weighted by atomic mass is 16.2. The molecule has 2 fully saturated rings. The van der Waals surface area contributed by atoms with Gasteiger partial charge in [-0.2, -0.15) is 10.2 Å². The Balaban J connectivity index is 1.21. The SMILES string of the molecule is O=C(CN1CCN(C(=O)Nc2ccc(N=Nc3ccccc3)cc2)CC1)N1CCCCC1. The second-order valence-corrected chi connectivity index (χ2v) is 8.22. The fourth-order valence-electron chi connectivity index (χ4n) is 3.97. The lowest BCUT2D eigenvalue weighted by atomic mass is 10.1. The first-order valence-corrected chi connectivity index (χ1v) is 11.3. The summed E-state index contributed by atoms with van der Waals surface area (Å²) in [5.74, 6) is 0.215. The number of carbonyl (C=O) groups excluding carboxylic acids is 2. The van der Waals surface area contributed by atoms with Crippen molar-refractivity contribution in [3.05, 3.63) is 54.6 Å². The molecule has 168 valence electrons. The Kier molecular flexibility index (Phi) is 7.45. The van der Waals surface area contributed by atoms with Crippen molar-refractivity contribution in [2.45, 2.75) is 19.3 Å². The number of rotatable bonds is 5. The van der Waals surface area contributed by atoms with Crippen molar-refractivity contribution in [2.75, 3.05) is 51.1 Å². The Bertz CT molecular complexity index is 917. The van der Waals surface area contributed by atoms with Crippen molar-refractivity contribution in [2.24, 2.45) is 10.2 Å². The van der Waals surface area contributed by atoms with Crippen molar-refractivity contribution in [1.29, 1.82) is 0 Å². The standard InChI is InChI=1S/C24H30N6O2/c31-23(29-13-5-2-6-14-29)19-28-15-17-30(18-16-28)24(32)25-20-9-11-22(12-10-20)27-26-21-7-3-1-4-8-21/h1,3-4,7-12H,2,5-6,13-19H2,(H,25,32). The molecule has 2 aromatic rings. The van der Waals surface area contributed by atoms with Gasteiger partial charge in [-0.05, 0) is 55.7 Å². The molecular weight excluding hydrogens is 404 g/mol. The first-order valence-electron chi connectivity index (χ1n) is 11.3. The lowest BCUT2D eigenvalue weighted by Crippen LogP contribution is -2.52. The predicted molar refractivity (Wildman–Crippen MR) is 125 cm³/mol. The summed E-state index contributed by atoms with van der Waals surface area (Å²) in [5, 5.41) is 11.4. The van der Waals surface area contributed by atoms with E-state index >= 15 is 0 Å². The number of nitrogens with zero attached hydrogens (tertiary/aromatic N) is 5. The summed E-state index contributed by atoms with van der Waals surface area (Å²) in [7, 11) is 0. The summed E-state index contributed by atoms with van der Waals surface area (Å²) in [4.78, 5) is 31.0. The minimum absolute atomic E-state index is 0.120. The molecule has 8 nitrogen and oxygen atoms in total. The van der Waals surface area contributed by atoms with Gasteiger partial charge in [-0.3, -0.25) is 9.69 Å². The number of carbonyl (C=O) groups is 2. The zero-order valence-corrected chi connectivity index (χ0v) is 18.3. The van der Waals surface area contributed by atoms with Gasteiger partial charge in [0, 0.05) is 45.0 Å². The molecule has 4 rings (SSSR count). The molecule has 2 heterocycles. The van der Waals surface area contributed by atoms with Crippen LogP contribution in [0, 0.1) is 0 Å². The van der Waals surface area contributed by atoms with Crippen LogP contribution in [0.1, 0.15) is 19.3 Å². The van der Waals surface area contributed by atoms with Crippen molar-refractivity contribution in [1.82, 2.24) is 14.7 Å². The first-order chi connectivity index (χ1) is 15.7. The topological polar surface area (TPSA) is 80.6 Å². The Morgan fingerprint density at radius 1 is 0.719 bits per heavy atom. The van der Waals surface area contributed by atoms with E-state index in [9.17, 15) is 9.59 Å². The van der Waals surface area contributed by atoms with E-state index in [1.165, 1.54) is 6.42 Å². The lowest BCUT2D eigenvalue weighted by Gasteiger charge is -2.36. The third kappa shape index (κ3) is 6.13. The summed E-state index contributed by atoms with van der Waals surface area (Å²) in [5.41, 5.74) is 2.23. The van der Waals surface area contributed by atoms with Gasteiger partial charge in [-0.15, -0.1) is 0 Å². The highest BCUT2D eigenvalue weighted by molar-refractivity contribution is 5.89. The van der Waals surface area contributed by atoms with Gasteiger partial charge in [0.1, 0.15) is 0 Å². The zero-order chi connectivity index (χ0) is 22.2. The van der Waals surface area contributed by atoms with Crippen molar-refractivity contribution in [3.63, 3.8) is 0 Å². The lowest BCUT2D eigenvalue weighted by molar-refractivity contribution is -0.133. The van der Waals surface area contributed by atoms with Gasteiger partial charge < -0.3 is 15.1 Å². The summed E-state index contributed by atoms with van der Waals surface area (Å²) in [6.45, 7) is 4.87. The van der Waals surface area contributed by atoms with E-state index < -0.39 is 0 Å². The van der Waals surface area contributed by atoms with Gasteiger partial charge in [0.05, 0.1) is 17.9 Å². The number of azo groups is 1. The van der Waals surface area contributed by atoms with E-state index in [4.69, 9.17) is 0 Å². The maximum atomic E-state index is 12.6. The Labute approximate surface area is 188 Å². The Hall–Kier alpha value is -3.26. The van der Waals surface area contributed by atoms with Crippen LogP contribution in [0.25, 0.3) is 0 Å². The van der Waals surface area contributed by atoms with Crippen LogP contribution in [0.2, 0.25) is 0 Å². The average Bonchev–Trinajstić information content (AvgIpc) is 2.85. The number of amides is 3. The Morgan fingerprint density at radius 3 is 2.00 bits per heavy atom. The van der Waals surface area contributed by atoms with Gasteiger partial charge in [0.15, 0.2) is 0 Å². The molecule has 2 saturated heterocycles. The monoisotopic (exact) mass is 434 g/mol.